The molecule has 1 aliphatic heterocycles. The van der Waals surface area contributed by atoms with Gasteiger partial charge in [-0.05, 0) is 67.6 Å². The van der Waals surface area contributed by atoms with Crippen LogP contribution < -0.4 is 14.8 Å². The summed E-state index contributed by atoms with van der Waals surface area (Å²) in [6.45, 7) is 3.41. The molecule has 3 atom stereocenters. The van der Waals surface area contributed by atoms with Crippen molar-refractivity contribution in [2.24, 2.45) is 5.92 Å². The maximum atomic E-state index is 13.6. The second-order valence-corrected chi connectivity index (χ2v) is 11.9. The van der Waals surface area contributed by atoms with Crippen molar-refractivity contribution < 1.29 is 36.6 Å². The van der Waals surface area contributed by atoms with Crippen LogP contribution in [0, 0.1) is 17.6 Å². The summed E-state index contributed by atoms with van der Waals surface area (Å²) < 4.78 is 61.8. The minimum Gasteiger partial charge on any atom is -0.485 e. The van der Waals surface area contributed by atoms with Crippen LogP contribution >= 0.6 is 0 Å². The molecule has 224 valence electrons. The summed E-state index contributed by atoms with van der Waals surface area (Å²) >= 11 is 0. The van der Waals surface area contributed by atoms with Crippen LogP contribution in [0.25, 0.3) is 0 Å². The average Bonchev–Trinajstić information content (AvgIpc) is 2.96. The molecule has 0 aromatic heterocycles. The van der Waals surface area contributed by atoms with Gasteiger partial charge in [0.05, 0.1) is 35.3 Å². The molecule has 13 heteroatoms. The number of anilines is 2. The molecule has 0 fully saturated rings. The normalized spacial score (nSPS) is 17.8. The van der Waals surface area contributed by atoms with Gasteiger partial charge in [0.2, 0.25) is 0 Å². The number of amides is 3. The highest BCUT2D eigenvalue weighted by Gasteiger charge is 2.35. The molecule has 42 heavy (non-hydrogen) atoms. The third kappa shape index (κ3) is 6.97. The van der Waals surface area contributed by atoms with Crippen LogP contribution in [0.4, 0.5) is 25.0 Å². The van der Waals surface area contributed by atoms with E-state index in [1.165, 1.54) is 59.3 Å². The van der Waals surface area contributed by atoms with Crippen molar-refractivity contribution in [3.63, 3.8) is 0 Å². The van der Waals surface area contributed by atoms with Crippen LogP contribution in [0.2, 0.25) is 0 Å². The molecule has 10 nitrogen and oxygen atoms in total. The zero-order chi connectivity index (χ0) is 30.6. The molecule has 0 spiro atoms. The number of ether oxygens (including phenoxy) is 1. The topological polar surface area (TPSA) is 128 Å². The number of hydrogen-bond acceptors (Lipinski definition) is 6. The van der Waals surface area contributed by atoms with Crippen molar-refractivity contribution in [2.45, 2.75) is 30.9 Å². The summed E-state index contributed by atoms with van der Waals surface area (Å²) in [4.78, 5) is 29.2. The Morgan fingerprint density at radius 3 is 2.33 bits per heavy atom. The molecule has 3 N–H and O–H groups in total. The second-order valence-electron chi connectivity index (χ2n) is 10.2. The first-order valence-corrected chi connectivity index (χ1v) is 14.7. The van der Waals surface area contributed by atoms with Crippen molar-refractivity contribution in [2.75, 3.05) is 36.8 Å². The Hall–Kier alpha value is -4.23. The van der Waals surface area contributed by atoms with E-state index in [-0.39, 0.29) is 47.5 Å². The number of carbonyl (C=O) groups is 2. The maximum absolute atomic E-state index is 13.6. The molecule has 3 aromatic carbocycles. The number of aliphatic hydroxyl groups is 1. The first-order chi connectivity index (χ1) is 19.9. The Morgan fingerprint density at radius 1 is 1.10 bits per heavy atom. The van der Waals surface area contributed by atoms with Gasteiger partial charge in [0.1, 0.15) is 17.7 Å². The van der Waals surface area contributed by atoms with Gasteiger partial charge in [0, 0.05) is 25.2 Å². The molecule has 0 saturated carbocycles. The minimum atomic E-state index is -4.20. The summed E-state index contributed by atoms with van der Waals surface area (Å²) in [5.41, 5.74) is 0.417. The number of nitrogens with zero attached hydrogens (tertiary/aromatic N) is 2. The molecule has 0 bridgehead atoms. The molecule has 0 radical (unpaired) electrons. The number of urea groups is 1. The monoisotopic (exact) mass is 602 g/mol. The van der Waals surface area contributed by atoms with E-state index >= 15 is 0 Å². The van der Waals surface area contributed by atoms with Crippen LogP contribution in [-0.4, -0.2) is 74.2 Å². The van der Waals surface area contributed by atoms with Gasteiger partial charge >= 0.3 is 6.03 Å². The van der Waals surface area contributed by atoms with Crippen LogP contribution in [0.3, 0.4) is 0 Å². The van der Waals surface area contributed by atoms with E-state index in [0.29, 0.717) is 5.69 Å². The fourth-order valence-electron chi connectivity index (χ4n) is 4.46. The van der Waals surface area contributed by atoms with Gasteiger partial charge in [-0.2, -0.15) is 0 Å². The van der Waals surface area contributed by atoms with Crippen LogP contribution in [-0.2, 0) is 10.0 Å². The third-order valence-electron chi connectivity index (χ3n) is 6.96. The van der Waals surface area contributed by atoms with Gasteiger partial charge in [-0.1, -0.05) is 13.0 Å². The second kappa shape index (κ2) is 12.7. The predicted molar refractivity (Wildman–Crippen MR) is 153 cm³/mol. The highest BCUT2D eigenvalue weighted by atomic mass is 32.2. The third-order valence-corrected chi connectivity index (χ3v) is 8.34. The molecule has 4 rings (SSSR count). The number of para-hydroxylation sites is 1. The molecule has 3 aromatic rings. The lowest BCUT2D eigenvalue weighted by molar-refractivity contribution is 0.0373. The maximum Gasteiger partial charge on any atom is 0.321 e. The van der Waals surface area contributed by atoms with Gasteiger partial charge in [-0.3, -0.25) is 9.52 Å². The number of aliphatic hydroxyl groups excluding tert-OH is 1. The number of carbonyl (C=O) groups excluding carboxylic acids is 2. The molecular formula is C29H32F2N4O6S. The van der Waals surface area contributed by atoms with Crippen LogP contribution in [0.15, 0.2) is 71.6 Å². The van der Waals surface area contributed by atoms with Gasteiger partial charge in [0.15, 0.2) is 5.75 Å². The number of rotatable bonds is 8. The van der Waals surface area contributed by atoms with Crippen molar-refractivity contribution >= 4 is 33.3 Å². The average molecular weight is 603 g/mol. The SMILES string of the molecule is C[C@@H]1CN([C@H](C)CO)C(=O)c2cccc(NS(=O)(=O)c3ccc(F)cc3)c2O[C@@H]1CN(C)C(=O)Nc1ccc(F)cc1. The quantitative estimate of drug-likeness (QED) is 0.356. The van der Waals surface area contributed by atoms with Crippen LogP contribution in [0.1, 0.15) is 24.2 Å². The lowest BCUT2D eigenvalue weighted by atomic mass is 9.99. The van der Waals surface area contributed by atoms with Gasteiger partial charge in [-0.15, -0.1) is 0 Å². The van der Waals surface area contributed by atoms with Crippen molar-refractivity contribution in [3.8, 4) is 5.75 Å². The van der Waals surface area contributed by atoms with E-state index in [1.807, 2.05) is 6.92 Å². The smallest absolute Gasteiger partial charge is 0.321 e. The molecule has 0 saturated heterocycles. The number of hydrogen-bond donors (Lipinski definition) is 3. The number of benzene rings is 3. The minimum absolute atomic E-state index is 0.0284. The Morgan fingerprint density at radius 2 is 1.71 bits per heavy atom. The molecule has 0 aliphatic carbocycles. The number of halogens is 2. The van der Waals surface area contributed by atoms with E-state index in [0.717, 1.165) is 24.3 Å². The predicted octanol–water partition coefficient (Wildman–Crippen LogP) is 4.15. The first-order valence-electron chi connectivity index (χ1n) is 13.2. The fraction of sp³-hybridized carbons (Fsp3) is 0.310. The molecule has 3 amide bonds. The molecule has 0 unspecified atom stereocenters. The zero-order valence-corrected chi connectivity index (χ0v) is 24.1. The Kier molecular flexibility index (Phi) is 9.32. The first kappa shape index (κ1) is 30.7. The standard InChI is InChI=1S/C29H32F2N4O6S/c1-18-15-35(19(2)17-36)28(37)24-5-4-6-25(33-42(39,40)23-13-9-21(31)10-14-23)27(24)41-26(18)16-34(3)29(38)32-22-11-7-20(30)8-12-22/h4-14,18-19,26,33,36H,15-17H2,1-3H3,(H,32,38)/t18-,19-,26-/m1/s1. The van der Waals surface area contributed by atoms with Gasteiger partial charge < -0.3 is 25.0 Å². The number of sulfonamides is 1. The molecule has 1 aliphatic rings. The fourth-order valence-corrected chi connectivity index (χ4v) is 5.53. The van der Waals surface area contributed by atoms with Crippen molar-refractivity contribution in [3.05, 3.63) is 83.9 Å². The molecule has 1 heterocycles. The highest BCUT2D eigenvalue weighted by Crippen LogP contribution is 2.36. The number of fused-ring (bicyclic) bond motifs is 1. The van der Waals surface area contributed by atoms with Gasteiger partial charge in [-0.25, -0.2) is 22.0 Å². The summed E-state index contributed by atoms with van der Waals surface area (Å²) in [5, 5.41) is 12.5. The highest BCUT2D eigenvalue weighted by molar-refractivity contribution is 7.92. The van der Waals surface area contributed by atoms with Crippen LogP contribution in [0.5, 0.6) is 5.75 Å². The van der Waals surface area contributed by atoms with E-state index in [9.17, 15) is 31.9 Å². The van der Waals surface area contributed by atoms with Crippen molar-refractivity contribution in [1.29, 1.82) is 0 Å². The summed E-state index contributed by atoms with van der Waals surface area (Å²) in [6.07, 6.45) is -0.731. The Bertz CT molecular complexity index is 1540. The Labute approximate surface area is 242 Å². The number of likely N-dealkylation sites (N-methyl/N-ethyl adjacent to an activating group) is 1. The van der Waals surface area contributed by atoms with Gasteiger partial charge in [0.25, 0.3) is 15.9 Å². The van der Waals surface area contributed by atoms with E-state index in [1.54, 1.807) is 6.92 Å². The van der Waals surface area contributed by atoms with E-state index in [2.05, 4.69) is 10.0 Å². The van der Waals surface area contributed by atoms with E-state index in [4.69, 9.17) is 4.74 Å². The van der Waals surface area contributed by atoms with E-state index < -0.39 is 45.7 Å². The summed E-state index contributed by atoms with van der Waals surface area (Å²) in [5.74, 6) is -1.94. The molecular weight excluding hydrogens is 570 g/mol. The lowest BCUT2D eigenvalue weighted by Crippen LogP contribution is -2.50. The number of nitrogens with one attached hydrogen (secondary N) is 2. The largest absolute Gasteiger partial charge is 0.485 e. The van der Waals surface area contributed by atoms with Crippen molar-refractivity contribution in [1.82, 2.24) is 9.80 Å². The zero-order valence-electron chi connectivity index (χ0n) is 23.3. The lowest BCUT2D eigenvalue weighted by Gasteiger charge is -2.38. The Balaban J connectivity index is 1.68. The summed E-state index contributed by atoms with van der Waals surface area (Å²) in [6, 6.07) is 12.9. The summed E-state index contributed by atoms with van der Waals surface area (Å²) in [7, 11) is -2.67.